The molecule has 35 heavy (non-hydrogen) atoms. The van der Waals surface area contributed by atoms with Crippen LogP contribution in [-0.4, -0.2) is 54.5 Å². The van der Waals surface area contributed by atoms with Gasteiger partial charge < -0.3 is 24.3 Å². The van der Waals surface area contributed by atoms with E-state index in [1.807, 2.05) is 54.6 Å². The third kappa shape index (κ3) is 5.30. The van der Waals surface area contributed by atoms with E-state index in [9.17, 15) is 9.59 Å². The number of anilines is 2. The van der Waals surface area contributed by atoms with Crippen molar-refractivity contribution in [3.8, 4) is 5.75 Å². The fraction of sp³-hybridized carbons (Fsp3) is 0.192. The first-order valence-corrected chi connectivity index (χ1v) is 12.0. The van der Waals surface area contributed by atoms with Crippen molar-refractivity contribution in [2.45, 2.75) is 0 Å². The van der Waals surface area contributed by atoms with Gasteiger partial charge >= 0.3 is 0 Å². The molecule has 0 saturated carbocycles. The molecule has 3 heterocycles. The molecule has 0 spiro atoms. The number of halogens is 1. The lowest BCUT2D eigenvalue weighted by Gasteiger charge is -2.35. The average molecular weight is 535 g/mol. The number of para-hydroxylation sites is 1. The molecule has 1 fully saturated rings. The maximum Gasteiger partial charge on any atom is 0.289 e. The van der Waals surface area contributed by atoms with Crippen LogP contribution in [0.4, 0.5) is 11.5 Å². The molecule has 0 aliphatic carbocycles. The fourth-order valence-electron chi connectivity index (χ4n) is 3.97. The summed E-state index contributed by atoms with van der Waals surface area (Å²) in [6.45, 7) is 2.34. The molecule has 9 heteroatoms. The highest BCUT2D eigenvalue weighted by Gasteiger charge is 2.24. The second kappa shape index (κ2) is 10.2. The zero-order valence-corrected chi connectivity index (χ0v) is 20.4. The Hall–Kier alpha value is -3.85. The molecule has 4 aromatic rings. The van der Waals surface area contributed by atoms with Gasteiger partial charge in [-0.05, 0) is 54.6 Å². The smallest absolute Gasteiger partial charge is 0.289 e. The fourth-order valence-corrected chi connectivity index (χ4v) is 4.23. The van der Waals surface area contributed by atoms with Crippen molar-refractivity contribution in [3.05, 3.63) is 83.2 Å². The largest absolute Gasteiger partial charge is 0.481 e. The molecule has 1 N–H and O–H groups in total. The van der Waals surface area contributed by atoms with E-state index in [1.54, 1.807) is 17.0 Å². The molecule has 1 aliphatic rings. The molecule has 2 amide bonds. The molecule has 178 valence electrons. The van der Waals surface area contributed by atoms with E-state index in [-0.39, 0.29) is 18.4 Å². The minimum absolute atomic E-state index is 0.0989. The highest BCUT2D eigenvalue weighted by molar-refractivity contribution is 9.10. The van der Waals surface area contributed by atoms with Crippen LogP contribution in [0.15, 0.2) is 81.9 Å². The van der Waals surface area contributed by atoms with E-state index in [0.717, 1.165) is 15.7 Å². The summed E-state index contributed by atoms with van der Waals surface area (Å²) in [5.74, 6) is 1.35. The van der Waals surface area contributed by atoms with Gasteiger partial charge in [0.15, 0.2) is 12.4 Å². The average Bonchev–Trinajstić information content (AvgIpc) is 3.43. The molecule has 0 unspecified atom stereocenters. The van der Waals surface area contributed by atoms with E-state index in [0.29, 0.717) is 48.9 Å². The van der Waals surface area contributed by atoms with Crippen LogP contribution in [-0.2, 0) is 4.79 Å². The SMILES string of the molecule is O=C(COc1cccc2ccc(N3CCN(C(=O)c4ccco4)CC3)nc12)Nc1ccc(Br)cc1. The second-order valence-electron chi connectivity index (χ2n) is 8.10. The summed E-state index contributed by atoms with van der Waals surface area (Å²) >= 11 is 3.38. The summed E-state index contributed by atoms with van der Waals surface area (Å²) in [7, 11) is 0. The second-order valence-corrected chi connectivity index (χ2v) is 9.01. The van der Waals surface area contributed by atoms with Crippen molar-refractivity contribution in [2.75, 3.05) is 43.0 Å². The van der Waals surface area contributed by atoms with Gasteiger partial charge in [-0.2, -0.15) is 0 Å². The number of nitrogens with zero attached hydrogens (tertiary/aromatic N) is 3. The third-order valence-electron chi connectivity index (χ3n) is 5.78. The Balaban J connectivity index is 1.24. The number of ether oxygens (including phenoxy) is 1. The van der Waals surface area contributed by atoms with Gasteiger partial charge in [0.2, 0.25) is 0 Å². The van der Waals surface area contributed by atoms with E-state index >= 15 is 0 Å². The van der Waals surface area contributed by atoms with Gasteiger partial charge in [0.25, 0.3) is 11.8 Å². The third-order valence-corrected chi connectivity index (χ3v) is 6.31. The van der Waals surface area contributed by atoms with Gasteiger partial charge in [0, 0.05) is 41.7 Å². The highest BCUT2D eigenvalue weighted by atomic mass is 79.9. The van der Waals surface area contributed by atoms with Crippen molar-refractivity contribution in [1.82, 2.24) is 9.88 Å². The minimum atomic E-state index is -0.252. The standard InChI is InChI=1S/C26H23BrN4O4/c27-19-7-9-20(10-8-19)28-24(32)17-35-21-4-1-3-18-6-11-23(29-25(18)21)30-12-14-31(15-13-30)26(33)22-5-2-16-34-22/h1-11,16H,12-15,17H2,(H,28,32). The van der Waals surface area contributed by atoms with E-state index in [2.05, 4.69) is 26.1 Å². The topological polar surface area (TPSA) is 87.9 Å². The lowest BCUT2D eigenvalue weighted by atomic mass is 10.2. The molecule has 1 aliphatic heterocycles. The van der Waals surface area contributed by atoms with Crippen molar-refractivity contribution >= 4 is 50.2 Å². The molecular weight excluding hydrogens is 512 g/mol. The highest BCUT2D eigenvalue weighted by Crippen LogP contribution is 2.27. The van der Waals surface area contributed by atoms with Gasteiger partial charge in [0.05, 0.1) is 6.26 Å². The summed E-state index contributed by atoms with van der Waals surface area (Å²) in [4.78, 5) is 33.7. The van der Waals surface area contributed by atoms with Crippen LogP contribution in [0, 0.1) is 0 Å². The summed E-state index contributed by atoms with van der Waals surface area (Å²) < 4.78 is 12.0. The van der Waals surface area contributed by atoms with Gasteiger partial charge in [-0.25, -0.2) is 4.98 Å². The minimum Gasteiger partial charge on any atom is -0.481 e. The van der Waals surface area contributed by atoms with E-state index in [4.69, 9.17) is 14.1 Å². The summed E-state index contributed by atoms with van der Waals surface area (Å²) in [5.41, 5.74) is 1.39. The first kappa shape index (κ1) is 22.9. The Labute approximate surface area is 210 Å². The predicted octanol–water partition coefficient (Wildman–Crippen LogP) is 4.57. The Morgan fingerprint density at radius 1 is 0.971 bits per heavy atom. The van der Waals surface area contributed by atoms with Crippen LogP contribution in [0.2, 0.25) is 0 Å². The number of carbonyl (C=O) groups is 2. The first-order chi connectivity index (χ1) is 17.1. The van der Waals surface area contributed by atoms with E-state index in [1.165, 1.54) is 6.26 Å². The van der Waals surface area contributed by atoms with Crippen molar-refractivity contribution in [1.29, 1.82) is 0 Å². The summed E-state index contributed by atoms with van der Waals surface area (Å²) in [6.07, 6.45) is 1.51. The Morgan fingerprint density at radius 2 is 1.77 bits per heavy atom. The number of benzene rings is 2. The predicted molar refractivity (Wildman–Crippen MR) is 137 cm³/mol. The quantitative estimate of drug-likeness (QED) is 0.389. The first-order valence-electron chi connectivity index (χ1n) is 11.2. The molecule has 2 aromatic heterocycles. The number of rotatable bonds is 6. The normalized spacial score (nSPS) is 13.6. The monoisotopic (exact) mass is 534 g/mol. The molecule has 0 bridgehead atoms. The summed E-state index contributed by atoms with van der Waals surface area (Å²) in [5, 5.41) is 3.74. The maximum absolute atomic E-state index is 12.5. The maximum atomic E-state index is 12.5. The van der Waals surface area contributed by atoms with Crippen LogP contribution < -0.4 is 15.0 Å². The van der Waals surface area contributed by atoms with Crippen LogP contribution in [0.5, 0.6) is 5.75 Å². The zero-order chi connectivity index (χ0) is 24.2. The van der Waals surface area contributed by atoms with Crippen LogP contribution in [0.3, 0.4) is 0 Å². The van der Waals surface area contributed by atoms with Crippen LogP contribution in [0.25, 0.3) is 10.9 Å². The van der Waals surface area contributed by atoms with Gasteiger partial charge in [0.1, 0.15) is 17.1 Å². The molecule has 0 atom stereocenters. The molecule has 0 radical (unpaired) electrons. The number of pyridine rings is 1. The molecule has 2 aromatic carbocycles. The Kier molecular flexibility index (Phi) is 6.67. The lowest BCUT2D eigenvalue weighted by molar-refractivity contribution is -0.118. The number of furan rings is 1. The molecule has 1 saturated heterocycles. The van der Waals surface area contributed by atoms with Gasteiger partial charge in [-0.1, -0.05) is 28.1 Å². The van der Waals surface area contributed by atoms with Crippen LogP contribution >= 0.6 is 15.9 Å². The summed E-state index contributed by atoms with van der Waals surface area (Å²) in [6, 6.07) is 20.4. The number of amides is 2. The van der Waals surface area contributed by atoms with Gasteiger partial charge in [-0.15, -0.1) is 0 Å². The number of hydrogen-bond donors (Lipinski definition) is 1. The molecule has 8 nitrogen and oxygen atoms in total. The van der Waals surface area contributed by atoms with Crippen LogP contribution in [0.1, 0.15) is 10.6 Å². The van der Waals surface area contributed by atoms with Crippen molar-refractivity contribution in [3.63, 3.8) is 0 Å². The lowest BCUT2D eigenvalue weighted by Crippen LogP contribution is -2.49. The number of hydrogen-bond acceptors (Lipinski definition) is 6. The molecular formula is C26H23BrN4O4. The number of nitrogens with one attached hydrogen (secondary N) is 1. The van der Waals surface area contributed by atoms with Crippen molar-refractivity contribution < 1.29 is 18.7 Å². The van der Waals surface area contributed by atoms with Gasteiger partial charge in [-0.3, -0.25) is 9.59 Å². The Morgan fingerprint density at radius 3 is 2.51 bits per heavy atom. The van der Waals surface area contributed by atoms with Crippen molar-refractivity contribution in [2.24, 2.45) is 0 Å². The number of aromatic nitrogens is 1. The zero-order valence-electron chi connectivity index (χ0n) is 18.8. The number of fused-ring (bicyclic) bond motifs is 1. The number of piperazine rings is 1. The Bertz CT molecular complexity index is 1330. The number of carbonyl (C=O) groups excluding carboxylic acids is 2. The molecule has 5 rings (SSSR count). The van der Waals surface area contributed by atoms with E-state index < -0.39 is 0 Å².